The molecule has 0 aliphatic carbocycles. The molecule has 0 saturated carbocycles. The Bertz CT molecular complexity index is 414. The Balaban J connectivity index is 2.11. The summed E-state index contributed by atoms with van der Waals surface area (Å²) in [5.41, 5.74) is 2.05. The first-order valence-electron chi connectivity index (χ1n) is 5.96. The smallest absolute Gasteiger partial charge is 0.318 e. The average molecular weight is 237 g/mol. The lowest BCUT2D eigenvalue weighted by molar-refractivity contribution is 0.126. The molecule has 0 atom stereocenters. The normalized spacial score (nSPS) is 16.8. The number of rotatable bonds is 3. The molecule has 6 heteroatoms. The zero-order valence-corrected chi connectivity index (χ0v) is 10.4. The fraction of sp³-hybridized carbons (Fsp3) is 0.636. The van der Waals surface area contributed by atoms with Crippen molar-refractivity contribution in [2.24, 2.45) is 5.84 Å². The predicted octanol–water partition coefficient (Wildman–Crippen LogP) is 0.713. The van der Waals surface area contributed by atoms with Crippen LogP contribution in [0.5, 0.6) is 0 Å². The van der Waals surface area contributed by atoms with Gasteiger partial charge in [-0.25, -0.2) is 10.6 Å². The number of amides is 2. The standard InChI is InChI=1S/C11H19N5O/c1-3-16-10(7-9(2)13-16)8-14-5-4-6-15(12)11(14)17/h7H,3-6,8,12H2,1-2H3. The van der Waals surface area contributed by atoms with E-state index < -0.39 is 0 Å². The first-order valence-corrected chi connectivity index (χ1v) is 5.96. The molecule has 0 unspecified atom stereocenters. The van der Waals surface area contributed by atoms with Gasteiger partial charge in [-0.3, -0.25) is 9.69 Å². The molecule has 2 rings (SSSR count). The van der Waals surface area contributed by atoms with Gasteiger partial charge in [-0.1, -0.05) is 0 Å². The van der Waals surface area contributed by atoms with Crippen LogP contribution in [-0.2, 0) is 13.1 Å². The largest absolute Gasteiger partial charge is 0.334 e. The number of aromatic nitrogens is 2. The first kappa shape index (κ1) is 11.9. The van der Waals surface area contributed by atoms with Crippen molar-refractivity contribution >= 4 is 6.03 Å². The minimum atomic E-state index is -0.0993. The van der Waals surface area contributed by atoms with E-state index in [1.807, 2.05) is 24.6 Å². The van der Waals surface area contributed by atoms with E-state index >= 15 is 0 Å². The van der Waals surface area contributed by atoms with Crippen molar-refractivity contribution in [2.45, 2.75) is 33.4 Å². The monoisotopic (exact) mass is 237 g/mol. The molecule has 2 N–H and O–H groups in total. The van der Waals surface area contributed by atoms with E-state index in [0.717, 1.165) is 30.9 Å². The van der Waals surface area contributed by atoms with Crippen LogP contribution in [0.1, 0.15) is 24.7 Å². The second kappa shape index (κ2) is 4.75. The molecule has 0 radical (unpaired) electrons. The summed E-state index contributed by atoms with van der Waals surface area (Å²) in [5, 5.41) is 5.65. The van der Waals surface area contributed by atoms with Crippen LogP contribution in [-0.4, -0.2) is 38.8 Å². The number of nitrogens with two attached hydrogens (primary N) is 1. The maximum Gasteiger partial charge on any atom is 0.334 e. The van der Waals surface area contributed by atoms with Gasteiger partial charge in [0.1, 0.15) is 0 Å². The Hall–Kier alpha value is -1.56. The highest BCUT2D eigenvalue weighted by Crippen LogP contribution is 2.12. The molecule has 1 aliphatic heterocycles. The third kappa shape index (κ3) is 2.41. The molecule has 0 spiro atoms. The van der Waals surface area contributed by atoms with Crippen molar-refractivity contribution in [2.75, 3.05) is 13.1 Å². The SMILES string of the molecule is CCn1nc(C)cc1CN1CCCN(N)C1=O. The van der Waals surface area contributed by atoms with Crippen molar-refractivity contribution in [3.8, 4) is 0 Å². The number of carbonyl (C=O) groups is 1. The maximum absolute atomic E-state index is 11.8. The number of hydrogen-bond donors (Lipinski definition) is 1. The number of hydrogen-bond acceptors (Lipinski definition) is 3. The molecular formula is C11H19N5O. The Kier molecular flexibility index (Phi) is 3.33. The molecule has 17 heavy (non-hydrogen) atoms. The molecule has 0 aromatic carbocycles. The molecule has 94 valence electrons. The third-order valence-corrected chi connectivity index (χ3v) is 2.98. The van der Waals surface area contributed by atoms with Crippen molar-refractivity contribution in [1.29, 1.82) is 0 Å². The van der Waals surface area contributed by atoms with Gasteiger partial charge in [-0.2, -0.15) is 5.10 Å². The van der Waals surface area contributed by atoms with Crippen molar-refractivity contribution in [3.63, 3.8) is 0 Å². The second-order valence-corrected chi connectivity index (χ2v) is 4.34. The highest BCUT2D eigenvalue weighted by Gasteiger charge is 2.24. The summed E-state index contributed by atoms with van der Waals surface area (Å²) in [7, 11) is 0. The van der Waals surface area contributed by atoms with E-state index in [9.17, 15) is 4.79 Å². The molecule has 0 bridgehead atoms. The van der Waals surface area contributed by atoms with Crippen molar-refractivity contribution < 1.29 is 4.79 Å². The summed E-state index contributed by atoms with van der Waals surface area (Å²) >= 11 is 0. The minimum Gasteiger partial charge on any atom is -0.318 e. The maximum atomic E-state index is 11.8. The molecule has 1 aromatic heterocycles. The topological polar surface area (TPSA) is 67.4 Å². The number of aryl methyl sites for hydroxylation is 2. The summed E-state index contributed by atoms with van der Waals surface area (Å²) in [6.45, 7) is 6.81. The molecular weight excluding hydrogens is 218 g/mol. The molecule has 2 heterocycles. The van der Waals surface area contributed by atoms with E-state index in [1.54, 1.807) is 4.90 Å². The number of nitrogens with zero attached hydrogens (tertiary/aromatic N) is 4. The van der Waals surface area contributed by atoms with Crippen LogP contribution >= 0.6 is 0 Å². The van der Waals surface area contributed by atoms with E-state index in [-0.39, 0.29) is 6.03 Å². The zero-order chi connectivity index (χ0) is 12.4. The van der Waals surface area contributed by atoms with Gasteiger partial charge in [0.15, 0.2) is 0 Å². The van der Waals surface area contributed by atoms with E-state index in [4.69, 9.17) is 5.84 Å². The Labute approximate surface area is 101 Å². The van der Waals surface area contributed by atoms with Crippen LogP contribution in [0.4, 0.5) is 4.79 Å². The summed E-state index contributed by atoms with van der Waals surface area (Å²) < 4.78 is 1.93. The molecule has 1 fully saturated rings. The molecule has 2 amide bonds. The van der Waals surface area contributed by atoms with Gasteiger partial charge >= 0.3 is 6.03 Å². The molecule has 1 aromatic rings. The fourth-order valence-electron chi connectivity index (χ4n) is 2.15. The van der Waals surface area contributed by atoms with Gasteiger partial charge in [0.2, 0.25) is 0 Å². The van der Waals surface area contributed by atoms with Gasteiger partial charge in [0.05, 0.1) is 17.9 Å². The zero-order valence-electron chi connectivity index (χ0n) is 10.4. The quantitative estimate of drug-likeness (QED) is 0.622. The predicted molar refractivity (Wildman–Crippen MR) is 64.0 cm³/mol. The third-order valence-electron chi connectivity index (χ3n) is 2.98. The van der Waals surface area contributed by atoms with Crippen LogP contribution in [0, 0.1) is 6.92 Å². The van der Waals surface area contributed by atoms with Crippen LogP contribution in [0.25, 0.3) is 0 Å². The molecule has 1 saturated heterocycles. The fourth-order valence-corrected chi connectivity index (χ4v) is 2.15. The van der Waals surface area contributed by atoms with Gasteiger partial charge in [-0.15, -0.1) is 0 Å². The van der Waals surface area contributed by atoms with E-state index in [2.05, 4.69) is 5.10 Å². The minimum absolute atomic E-state index is 0.0993. The summed E-state index contributed by atoms with van der Waals surface area (Å²) in [6.07, 6.45) is 0.918. The first-order chi connectivity index (χ1) is 8.11. The number of carbonyl (C=O) groups excluding carboxylic acids is 1. The highest BCUT2D eigenvalue weighted by atomic mass is 16.2. The Morgan fingerprint density at radius 1 is 1.47 bits per heavy atom. The number of urea groups is 1. The average Bonchev–Trinajstić information content (AvgIpc) is 2.65. The lowest BCUT2D eigenvalue weighted by Crippen LogP contribution is -2.52. The van der Waals surface area contributed by atoms with Gasteiger partial charge in [0, 0.05) is 19.6 Å². The van der Waals surface area contributed by atoms with Crippen LogP contribution in [0.15, 0.2) is 6.07 Å². The number of hydrazine groups is 1. The molecule has 6 nitrogen and oxygen atoms in total. The van der Waals surface area contributed by atoms with Crippen LogP contribution in [0.3, 0.4) is 0 Å². The van der Waals surface area contributed by atoms with Crippen molar-refractivity contribution in [1.82, 2.24) is 19.7 Å². The van der Waals surface area contributed by atoms with Crippen molar-refractivity contribution in [3.05, 3.63) is 17.5 Å². The Morgan fingerprint density at radius 2 is 2.24 bits per heavy atom. The van der Waals surface area contributed by atoms with Crippen LogP contribution in [0.2, 0.25) is 0 Å². The van der Waals surface area contributed by atoms with Gasteiger partial charge < -0.3 is 4.90 Å². The van der Waals surface area contributed by atoms with Gasteiger partial charge in [0.25, 0.3) is 0 Å². The van der Waals surface area contributed by atoms with Crippen LogP contribution < -0.4 is 5.84 Å². The highest BCUT2D eigenvalue weighted by molar-refractivity contribution is 5.74. The summed E-state index contributed by atoms with van der Waals surface area (Å²) in [4.78, 5) is 13.6. The lowest BCUT2D eigenvalue weighted by atomic mass is 10.3. The van der Waals surface area contributed by atoms with E-state index in [0.29, 0.717) is 13.1 Å². The molecule has 1 aliphatic rings. The summed E-state index contributed by atoms with van der Waals surface area (Å²) in [6, 6.07) is 1.92. The van der Waals surface area contributed by atoms with Gasteiger partial charge in [-0.05, 0) is 26.3 Å². The lowest BCUT2D eigenvalue weighted by Gasteiger charge is -2.32. The second-order valence-electron chi connectivity index (χ2n) is 4.34. The summed E-state index contributed by atoms with van der Waals surface area (Å²) in [5.74, 6) is 5.62. The van der Waals surface area contributed by atoms with E-state index in [1.165, 1.54) is 5.01 Å². The Morgan fingerprint density at radius 3 is 2.94 bits per heavy atom.